The Morgan fingerprint density at radius 2 is 1.91 bits per heavy atom. The summed E-state index contributed by atoms with van der Waals surface area (Å²) in [6.07, 6.45) is 0.493. The number of hydrogen-bond donors (Lipinski definition) is 1. The van der Waals surface area contributed by atoms with Crippen LogP contribution in [0.2, 0.25) is 0 Å². The van der Waals surface area contributed by atoms with Gasteiger partial charge in [0.25, 0.3) is 0 Å². The molecule has 0 saturated carbocycles. The highest BCUT2D eigenvalue weighted by Crippen LogP contribution is 2.30. The number of thiazole rings is 1. The van der Waals surface area contributed by atoms with Crippen LogP contribution in [0.4, 0.5) is 0 Å². The van der Waals surface area contributed by atoms with Crippen LogP contribution in [0.1, 0.15) is 18.9 Å². The molecule has 0 spiro atoms. The van der Waals surface area contributed by atoms with Gasteiger partial charge in [0, 0.05) is 19.0 Å². The van der Waals surface area contributed by atoms with Crippen molar-refractivity contribution < 1.29 is 4.79 Å². The molecular weight excluding hydrogens is 324 g/mol. The molecular formula is C18H18N2OS2. The van der Waals surface area contributed by atoms with Crippen LogP contribution in [0, 0.1) is 0 Å². The van der Waals surface area contributed by atoms with Gasteiger partial charge in [-0.15, -0.1) is 11.3 Å². The van der Waals surface area contributed by atoms with Gasteiger partial charge in [0.1, 0.15) is 0 Å². The van der Waals surface area contributed by atoms with E-state index in [-0.39, 0.29) is 11.2 Å². The number of rotatable bonds is 6. The molecule has 5 heteroatoms. The number of para-hydroxylation sites is 1. The van der Waals surface area contributed by atoms with Crippen LogP contribution in [0.25, 0.3) is 10.2 Å². The second-order valence-corrected chi connectivity index (χ2v) is 7.73. The maximum Gasteiger partial charge on any atom is 0.197 e. The predicted octanol–water partition coefficient (Wildman–Crippen LogP) is 4.48. The number of carbonyl (C=O) groups excluding carboxylic acids is 1. The Hall–Kier alpha value is -1.69. The summed E-state index contributed by atoms with van der Waals surface area (Å²) in [6.45, 7) is 2.82. The Bertz CT molecular complexity index is 753. The van der Waals surface area contributed by atoms with E-state index in [0.29, 0.717) is 6.42 Å². The van der Waals surface area contributed by atoms with Crippen molar-refractivity contribution in [2.45, 2.75) is 30.3 Å². The van der Waals surface area contributed by atoms with Crippen molar-refractivity contribution >= 4 is 38.4 Å². The molecule has 3 nitrogen and oxygen atoms in total. The first-order valence-electron chi connectivity index (χ1n) is 7.54. The molecule has 0 aliphatic carbocycles. The Labute approximate surface area is 144 Å². The Morgan fingerprint density at radius 1 is 1.17 bits per heavy atom. The van der Waals surface area contributed by atoms with Gasteiger partial charge in [-0.3, -0.25) is 4.79 Å². The topological polar surface area (TPSA) is 42.0 Å². The van der Waals surface area contributed by atoms with Gasteiger partial charge in [-0.2, -0.15) is 0 Å². The Balaban J connectivity index is 1.50. The van der Waals surface area contributed by atoms with Gasteiger partial charge in [-0.1, -0.05) is 42.5 Å². The van der Waals surface area contributed by atoms with Gasteiger partial charge in [-0.25, -0.2) is 4.98 Å². The van der Waals surface area contributed by atoms with Gasteiger partial charge < -0.3 is 5.32 Å². The van der Waals surface area contributed by atoms with E-state index in [9.17, 15) is 4.79 Å². The monoisotopic (exact) mass is 342 g/mol. The van der Waals surface area contributed by atoms with Gasteiger partial charge in [0.2, 0.25) is 0 Å². The van der Waals surface area contributed by atoms with Crippen LogP contribution >= 0.6 is 23.1 Å². The van der Waals surface area contributed by atoms with Crippen LogP contribution in [-0.4, -0.2) is 16.1 Å². The number of carbonyl (C=O) groups is 1. The lowest BCUT2D eigenvalue weighted by Gasteiger charge is -2.12. The lowest BCUT2D eigenvalue weighted by atomic mass is 10.2. The zero-order chi connectivity index (χ0) is 16.1. The molecule has 0 amide bonds. The number of aromatic nitrogens is 1. The molecule has 23 heavy (non-hydrogen) atoms. The molecule has 3 aromatic rings. The van der Waals surface area contributed by atoms with E-state index in [2.05, 4.69) is 22.4 Å². The molecule has 1 unspecified atom stereocenters. The predicted molar refractivity (Wildman–Crippen MR) is 97.8 cm³/mol. The molecule has 0 saturated heterocycles. The highest BCUT2D eigenvalue weighted by atomic mass is 32.2. The summed E-state index contributed by atoms with van der Waals surface area (Å²) in [4.78, 5) is 16.7. The minimum absolute atomic E-state index is 0.143. The first-order valence-corrected chi connectivity index (χ1v) is 9.17. The lowest BCUT2D eigenvalue weighted by molar-refractivity contribution is -0.111. The van der Waals surface area contributed by atoms with E-state index in [1.54, 1.807) is 11.3 Å². The minimum atomic E-state index is 0.143. The van der Waals surface area contributed by atoms with Gasteiger partial charge in [0.05, 0.1) is 10.2 Å². The number of benzene rings is 2. The van der Waals surface area contributed by atoms with Crippen LogP contribution in [-0.2, 0) is 11.3 Å². The van der Waals surface area contributed by atoms with E-state index >= 15 is 0 Å². The third kappa shape index (κ3) is 4.64. The van der Waals surface area contributed by atoms with Gasteiger partial charge in [0.15, 0.2) is 9.45 Å². The molecule has 118 valence electrons. The fourth-order valence-electron chi connectivity index (χ4n) is 2.24. The van der Waals surface area contributed by atoms with Crippen molar-refractivity contribution in [2.75, 3.05) is 0 Å². The molecule has 1 N–H and O–H groups in total. The van der Waals surface area contributed by atoms with Crippen molar-refractivity contribution in [1.29, 1.82) is 0 Å². The molecule has 0 radical (unpaired) electrons. The molecule has 3 rings (SSSR count). The maximum atomic E-state index is 12.2. The second-order valence-electron chi connectivity index (χ2n) is 5.39. The average Bonchev–Trinajstić information content (AvgIpc) is 2.96. The number of nitrogens with one attached hydrogen (secondary N) is 1. The summed E-state index contributed by atoms with van der Waals surface area (Å²) < 4.78 is 1.95. The lowest BCUT2D eigenvalue weighted by Crippen LogP contribution is -2.27. The van der Waals surface area contributed by atoms with Crippen molar-refractivity contribution in [3.63, 3.8) is 0 Å². The zero-order valence-electron chi connectivity index (χ0n) is 12.9. The summed E-state index contributed by atoms with van der Waals surface area (Å²) in [6, 6.07) is 18.3. The standard InChI is InChI=1S/C18H18N2OS2/c1-13(19-12-14-7-3-2-4-8-14)11-17(21)23-18-20-15-9-5-6-10-16(15)22-18/h2-10,13,19H,11-12H2,1H3. The quantitative estimate of drug-likeness (QED) is 0.671. The fraction of sp³-hybridized carbons (Fsp3) is 0.222. The van der Waals surface area contributed by atoms with Crippen LogP contribution in [0.15, 0.2) is 58.9 Å². The molecule has 1 atom stereocenters. The minimum Gasteiger partial charge on any atom is -0.310 e. The number of hydrogen-bond acceptors (Lipinski definition) is 5. The molecule has 0 aliphatic heterocycles. The zero-order valence-corrected chi connectivity index (χ0v) is 14.5. The first-order chi connectivity index (χ1) is 11.2. The summed E-state index contributed by atoms with van der Waals surface area (Å²) in [5.41, 5.74) is 2.19. The summed E-state index contributed by atoms with van der Waals surface area (Å²) in [5.74, 6) is 0. The highest BCUT2D eigenvalue weighted by Gasteiger charge is 2.13. The van der Waals surface area contributed by atoms with E-state index in [4.69, 9.17) is 0 Å². The van der Waals surface area contributed by atoms with Crippen molar-refractivity contribution in [2.24, 2.45) is 0 Å². The Morgan fingerprint density at radius 3 is 2.70 bits per heavy atom. The molecule has 0 fully saturated rings. The third-order valence-corrected chi connectivity index (χ3v) is 5.44. The largest absolute Gasteiger partial charge is 0.310 e. The van der Waals surface area contributed by atoms with Crippen molar-refractivity contribution in [3.05, 3.63) is 60.2 Å². The van der Waals surface area contributed by atoms with Crippen LogP contribution in [0.3, 0.4) is 0 Å². The van der Waals surface area contributed by atoms with E-state index in [1.165, 1.54) is 17.3 Å². The molecule has 2 aromatic carbocycles. The smallest absolute Gasteiger partial charge is 0.197 e. The van der Waals surface area contributed by atoms with Gasteiger partial charge >= 0.3 is 0 Å². The third-order valence-electron chi connectivity index (χ3n) is 3.45. The Kier molecular flexibility index (Phi) is 5.43. The number of thioether (sulfide) groups is 1. The van der Waals surface area contributed by atoms with E-state index in [0.717, 1.165) is 21.1 Å². The van der Waals surface area contributed by atoms with Crippen LogP contribution < -0.4 is 5.32 Å². The number of fused-ring (bicyclic) bond motifs is 1. The number of nitrogens with zero attached hydrogens (tertiary/aromatic N) is 1. The highest BCUT2D eigenvalue weighted by molar-refractivity contribution is 8.15. The second kappa shape index (κ2) is 7.73. The summed E-state index contributed by atoms with van der Waals surface area (Å²) in [5, 5.41) is 3.54. The molecule has 0 aliphatic rings. The average molecular weight is 342 g/mol. The fourth-order valence-corrected chi connectivity index (χ4v) is 4.33. The van der Waals surface area contributed by atoms with Crippen molar-refractivity contribution in [1.82, 2.24) is 10.3 Å². The SMILES string of the molecule is CC(CC(=O)Sc1nc2ccccc2s1)NCc1ccccc1. The van der Waals surface area contributed by atoms with E-state index in [1.807, 2.05) is 49.4 Å². The molecule has 0 bridgehead atoms. The maximum absolute atomic E-state index is 12.2. The van der Waals surface area contributed by atoms with Crippen molar-refractivity contribution in [3.8, 4) is 0 Å². The van der Waals surface area contributed by atoms with Crippen LogP contribution in [0.5, 0.6) is 0 Å². The molecule has 1 aromatic heterocycles. The van der Waals surface area contributed by atoms with Gasteiger partial charge in [-0.05, 0) is 36.4 Å². The summed E-state index contributed by atoms with van der Waals surface area (Å²) in [7, 11) is 0. The first kappa shape index (κ1) is 16.2. The summed E-state index contributed by atoms with van der Waals surface area (Å²) >= 11 is 2.82. The molecule has 1 heterocycles. The van der Waals surface area contributed by atoms with E-state index < -0.39 is 0 Å². The normalized spacial score (nSPS) is 12.4.